The van der Waals surface area contributed by atoms with E-state index in [0.29, 0.717) is 53.9 Å². The molecule has 0 unspecified atom stereocenters. The van der Waals surface area contributed by atoms with Gasteiger partial charge in [-0.2, -0.15) is 10.4 Å². The van der Waals surface area contributed by atoms with E-state index in [2.05, 4.69) is 41.4 Å². The standard InChI is InChI=1S/C26H25ClN10O3/c1-36-14-20(27)23(35-36)22-16(10-28)11-30-24(34-22)33-18-3-5-19(6-4-18)37(26(38)39)21-9-15(7-8-29-21)17-12-31-25(40-2)32-13-17/h7-9,11-14,18-19H,3-6H2,1-2H3,(H,38,39)(H,30,33,34). The number of aryl methyl sites for hydroxylation is 1. The molecule has 1 saturated carbocycles. The first-order valence-electron chi connectivity index (χ1n) is 12.4. The minimum atomic E-state index is -1.07. The number of nitrogens with one attached hydrogen (secondary N) is 1. The average Bonchev–Trinajstić information content (AvgIpc) is 3.31. The van der Waals surface area contributed by atoms with Crippen molar-refractivity contribution in [2.45, 2.75) is 37.8 Å². The molecule has 0 saturated heterocycles. The van der Waals surface area contributed by atoms with Gasteiger partial charge in [-0.1, -0.05) is 11.6 Å². The summed E-state index contributed by atoms with van der Waals surface area (Å²) in [7, 11) is 3.22. The molecule has 1 aliphatic carbocycles. The zero-order chi connectivity index (χ0) is 28.2. The largest absolute Gasteiger partial charge is 0.467 e. The lowest BCUT2D eigenvalue weighted by molar-refractivity contribution is 0.195. The number of aromatic nitrogens is 7. The second-order valence-electron chi connectivity index (χ2n) is 9.23. The molecular formula is C26H25ClN10O3. The van der Waals surface area contributed by atoms with Gasteiger partial charge >= 0.3 is 12.1 Å². The van der Waals surface area contributed by atoms with Crippen LogP contribution in [-0.4, -0.2) is 65.1 Å². The molecule has 5 rings (SSSR count). The Morgan fingerprint density at radius 1 is 1.15 bits per heavy atom. The Labute approximate surface area is 234 Å². The summed E-state index contributed by atoms with van der Waals surface area (Å²) in [5.74, 6) is 0.690. The normalized spacial score (nSPS) is 16.6. The lowest BCUT2D eigenvalue weighted by atomic mass is 9.90. The fraction of sp³-hybridized carbons (Fsp3) is 0.308. The van der Waals surface area contributed by atoms with Crippen LogP contribution in [0.2, 0.25) is 5.02 Å². The molecule has 4 heterocycles. The maximum Gasteiger partial charge on any atom is 0.413 e. The third-order valence-corrected chi connectivity index (χ3v) is 6.93. The summed E-state index contributed by atoms with van der Waals surface area (Å²) in [6.07, 6.45) is 9.40. The summed E-state index contributed by atoms with van der Waals surface area (Å²) in [5.41, 5.74) is 2.49. The molecule has 1 aliphatic rings. The third kappa shape index (κ3) is 5.62. The van der Waals surface area contributed by atoms with E-state index in [1.165, 1.54) is 18.2 Å². The van der Waals surface area contributed by atoms with Gasteiger partial charge in [0.05, 0.1) is 23.9 Å². The second kappa shape index (κ2) is 11.5. The molecule has 0 aliphatic heterocycles. The number of nitrogens with zero attached hydrogens (tertiary/aromatic N) is 9. The third-order valence-electron chi connectivity index (χ3n) is 6.66. The average molecular weight is 561 g/mol. The zero-order valence-corrected chi connectivity index (χ0v) is 22.4. The van der Waals surface area contributed by atoms with Crippen molar-refractivity contribution in [1.82, 2.24) is 34.7 Å². The smallest absolute Gasteiger partial charge is 0.413 e. The number of rotatable bonds is 7. The van der Waals surface area contributed by atoms with E-state index >= 15 is 0 Å². The molecule has 4 aromatic rings. The van der Waals surface area contributed by atoms with E-state index in [4.69, 9.17) is 16.3 Å². The Balaban J connectivity index is 1.29. The van der Waals surface area contributed by atoms with Crippen LogP contribution in [0.4, 0.5) is 16.6 Å². The highest BCUT2D eigenvalue weighted by Gasteiger charge is 2.31. The van der Waals surface area contributed by atoms with Gasteiger partial charge in [0, 0.05) is 49.5 Å². The number of amides is 1. The first kappa shape index (κ1) is 26.8. The van der Waals surface area contributed by atoms with Gasteiger partial charge in [-0.25, -0.2) is 29.7 Å². The Morgan fingerprint density at radius 3 is 2.52 bits per heavy atom. The van der Waals surface area contributed by atoms with Crippen molar-refractivity contribution in [2.24, 2.45) is 7.05 Å². The van der Waals surface area contributed by atoms with Crippen molar-refractivity contribution in [3.63, 3.8) is 0 Å². The molecule has 13 nitrogen and oxygen atoms in total. The van der Waals surface area contributed by atoms with Crippen LogP contribution in [-0.2, 0) is 7.05 Å². The summed E-state index contributed by atoms with van der Waals surface area (Å²) in [4.78, 5) is 35.1. The fourth-order valence-corrected chi connectivity index (χ4v) is 5.00. The van der Waals surface area contributed by atoms with Crippen molar-refractivity contribution < 1.29 is 14.6 Å². The molecule has 1 fully saturated rings. The number of pyridine rings is 1. The summed E-state index contributed by atoms with van der Waals surface area (Å²) >= 11 is 6.29. The molecule has 0 aromatic carbocycles. The number of ether oxygens (including phenoxy) is 1. The Morgan fingerprint density at radius 2 is 1.90 bits per heavy atom. The van der Waals surface area contributed by atoms with Crippen LogP contribution in [0.3, 0.4) is 0 Å². The summed E-state index contributed by atoms with van der Waals surface area (Å²) in [6, 6.07) is 5.59. The van der Waals surface area contributed by atoms with Crippen LogP contribution in [0.1, 0.15) is 31.2 Å². The number of halogens is 1. The maximum absolute atomic E-state index is 12.3. The Hall–Kier alpha value is -4.83. The second-order valence-corrected chi connectivity index (χ2v) is 9.64. The van der Waals surface area contributed by atoms with Gasteiger partial charge in [0.1, 0.15) is 23.3 Å². The maximum atomic E-state index is 12.3. The Bertz CT molecular complexity index is 1560. The zero-order valence-electron chi connectivity index (χ0n) is 21.7. The van der Waals surface area contributed by atoms with Gasteiger partial charge in [-0.05, 0) is 43.4 Å². The molecule has 1 amide bonds. The highest BCUT2D eigenvalue weighted by molar-refractivity contribution is 6.33. The topological polar surface area (TPSA) is 168 Å². The van der Waals surface area contributed by atoms with Gasteiger partial charge in [-0.15, -0.1) is 0 Å². The number of carbonyl (C=O) groups is 1. The van der Waals surface area contributed by atoms with Crippen molar-refractivity contribution in [2.75, 3.05) is 17.3 Å². The molecule has 2 N–H and O–H groups in total. The molecule has 4 aromatic heterocycles. The molecular weight excluding hydrogens is 536 g/mol. The van der Waals surface area contributed by atoms with E-state index in [0.717, 1.165) is 11.1 Å². The summed E-state index contributed by atoms with van der Waals surface area (Å²) in [5, 5.41) is 27.6. The van der Waals surface area contributed by atoms with Crippen LogP contribution in [0, 0.1) is 11.3 Å². The molecule has 0 bridgehead atoms. The summed E-state index contributed by atoms with van der Waals surface area (Å²) in [6.45, 7) is 0. The number of carboxylic acid groups (broad SMARTS) is 1. The van der Waals surface area contributed by atoms with Crippen LogP contribution in [0.5, 0.6) is 6.01 Å². The first-order valence-corrected chi connectivity index (χ1v) is 12.8. The van der Waals surface area contributed by atoms with Crippen molar-refractivity contribution in [3.8, 4) is 34.6 Å². The number of hydrogen-bond donors (Lipinski definition) is 2. The first-order chi connectivity index (χ1) is 19.4. The van der Waals surface area contributed by atoms with Gasteiger partial charge in [0.2, 0.25) is 5.95 Å². The predicted octanol–water partition coefficient (Wildman–Crippen LogP) is 4.17. The number of anilines is 2. The molecule has 14 heteroatoms. The predicted molar refractivity (Wildman–Crippen MR) is 146 cm³/mol. The minimum absolute atomic E-state index is 0.0163. The van der Waals surface area contributed by atoms with E-state index in [1.54, 1.807) is 48.6 Å². The molecule has 0 spiro atoms. The van der Waals surface area contributed by atoms with Crippen molar-refractivity contribution in [1.29, 1.82) is 5.26 Å². The molecule has 204 valence electrons. The SMILES string of the molecule is COc1ncc(-c2ccnc(N(C(=O)O)C3CCC(Nc4ncc(C#N)c(-c5nn(C)cc5Cl)n4)CC3)c2)cn1. The van der Waals surface area contributed by atoms with Gasteiger partial charge in [-0.3, -0.25) is 9.58 Å². The van der Waals surface area contributed by atoms with Gasteiger partial charge in [0.25, 0.3) is 0 Å². The fourth-order valence-electron chi connectivity index (χ4n) is 4.74. The van der Waals surface area contributed by atoms with Crippen LogP contribution < -0.4 is 15.0 Å². The van der Waals surface area contributed by atoms with Crippen molar-refractivity contribution >= 4 is 29.5 Å². The van der Waals surface area contributed by atoms with E-state index < -0.39 is 6.09 Å². The molecule has 40 heavy (non-hydrogen) atoms. The lowest BCUT2D eigenvalue weighted by Crippen LogP contribution is -2.44. The van der Waals surface area contributed by atoms with E-state index in [-0.39, 0.29) is 23.7 Å². The molecule has 0 radical (unpaired) electrons. The monoisotopic (exact) mass is 560 g/mol. The number of methoxy groups -OCH3 is 1. The van der Waals surface area contributed by atoms with Gasteiger partial charge < -0.3 is 15.2 Å². The van der Waals surface area contributed by atoms with Gasteiger partial charge in [0.15, 0.2) is 0 Å². The number of nitriles is 1. The number of hydrogen-bond acceptors (Lipinski definition) is 10. The van der Waals surface area contributed by atoms with E-state index in [9.17, 15) is 15.2 Å². The highest BCUT2D eigenvalue weighted by Crippen LogP contribution is 2.31. The van der Waals surface area contributed by atoms with Crippen LogP contribution in [0.25, 0.3) is 22.5 Å². The molecule has 0 atom stereocenters. The Kier molecular flexibility index (Phi) is 7.70. The quantitative estimate of drug-likeness (QED) is 0.332. The van der Waals surface area contributed by atoms with Crippen molar-refractivity contribution in [3.05, 3.63) is 53.7 Å². The van der Waals surface area contributed by atoms with Crippen LogP contribution in [0.15, 0.2) is 43.1 Å². The lowest BCUT2D eigenvalue weighted by Gasteiger charge is -2.35. The summed E-state index contributed by atoms with van der Waals surface area (Å²) < 4.78 is 6.57. The van der Waals surface area contributed by atoms with Crippen LogP contribution >= 0.6 is 11.6 Å². The highest BCUT2D eigenvalue weighted by atomic mass is 35.5. The van der Waals surface area contributed by atoms with E-state index in [1.807, 2.05) is 0 Å². The minimum Gasteiger partial charge on any atom is -0.467 e.